The molecule has 0 aromatic heterocycles. The fourth-order valence-electron chi connectivity index (χ4n) is 3.18. The van der Waals surface area contributed by atoms with Gasteiger partial charge in [0.25, 0.3) is 0 Å². The Labute approximate surface area is 145 Å². The van der Waals surface area contributed by atoms with E-state index < -0.39 is 0 Å². The first-order chi connectivity index (χ1) is 11.5. The van der Waals surface area contributed by atoms with Crippen LogP contribution < -0.4 is 10.1 Å². The van der Waals surface area contributed by atoms with Crippen molar-refractivity contribution in [1.29, 1.82) is 0 Å². The van der Waals surface area contributed by atoms with E-state index in [1.807, 2.05) is 12.1 Å². The summed E-state index contributed by atoms with van der Waals surface area (Å²) in [7, 11) is 1.70. The number of nitrogens with one attached hydrogen (secondary N) is 1. The van der Waals surface area contributed by atoms with Crippen molar-refractivity contribution in [1.82, 2.24) is 4.90 Å². The number of anilines is 1. The number of hydrogen-bond donors (Lipinski definition) is 1. The number of ether oxygens (including phenoxy) is 1. The molecular weight excluding hydrogens is 296 g/mol. The molecule has 3 heteroatoms. The highest BCUT2D eigenvalue weighted by atomic mass is 16.5. The zero-order valence-electron chi connectivity index (χ0n) is 15.2. The largest absolute Gasteiger partial charge is 0.497 e. The molecule has 1 aliphatic heterocycles. The van der Waals surface area contributed by atoms with Gasteiger partial charge >= 0.3 is 0 Å². The van der Waals surface area contributed by atoms with Gasteiger partial charge < -0.3 is 10.1 Å². The average molecular weight is 324 g/mol. The van der Waals surface area contributed by atoms with Crippen molar-refractivity contribution >= 4 is 5.69 Å². The summed E-state index contributed by atoms with van der Waals surface area (Å²) < 4.78 is 5.20. The molecule has 2 aromatic carbocycles. The fourth-order valence-corrected chi connectivity index (χ4v) is 3.18. The predicted octanol–water partition coefficient (Wildman–Crippen LogP) is 4.46. The van der Waals surface area contributed by atoms with Crippen LogP contribution in [0.2, 0.25) is 0 Å². The Morgan fingerprint density at radius 3 is 2.46 bits per heavy atom. The van der Waals surface area contributed by atoms with E-state index in [1.54, 1.807) is 7.11 Å². The van der Waals surface area contributed by atoms with Gasteiger partial charge in [-0.1, -0.05) is 18.2 Å². The van der Waals surface area contributed by atoms with Crippen LogP contribution in [0.4, 0.5) is 5.69 Å². The maximum Gasteiger partial charge on any atom is 0.118 e. The van der Waals surface area contributed by atoms with E-state index in [0.29, 0.717) is 0 Å². The number of fused-ring (bicyclic) bond motifs is 1. The van der Waals surface area contributed by atoms with Gasteiger partial charge in [0.1, 0.15) is 5.75 Å². The van der Waals surface area contributed by atoms with E-state index in [2.05, 4.69) is 61.3 Å². The third kappa shape index (κ3) is 3.90. The minimum absolute atomic E-state index is 0.239. The summed E-state index contributed by atoms with van der Waals surface area (Å²) >= 11 is 0. The highest BCUT2D eigenvalue weighted by Crippen LogP contribution is 2.27. The minimum Gasteiger partial charge on any atom is -0.497 e. The van der Waals surface area contributed by atoms with Crippen LogP contribution in [0, 0.1) is 0 Å². The summed E-state index contributed by atoms with van der Waals surface area (Å²) in [5.74, 6) is 0.899. The van der Waals surface area contributed by atoms with Crippen LogP contribution in [-0.4, -0.2) is 24.1 Å². The molecule has 24 heavy (non-hydrogen) atoms. The van der Waals surface area contributed by atoms with Crippen molar-refractivity contribution in [3.8, 4) is 5.75 Å². The van der Waals surface area contributed by atoms with E-state index in [-0.39, 0.29) is 5.54 Å². The van der Waals surface area contributed by atoms with Gasteiger partial charge in [0.2, 0.25) is 0 Å². The third-order valence-corrected chi connectivity index (χ3v) is 4.82. The second kappa shape index (κ2) is 6.86. The number of benzene rings is 2. The number of methoxy groups -OCH3 is 1. The first kappa shape index (κ1) is 16.8. The zero-order chi connectivity index (χ0) is 17.2. The molecule has 0 spiro atoms. The standard InChI is InChI=1S/C21H28N2O/c1-21(2,3)23-12-11-17-13-19(8-7-18(17)15-23)22-14-16-5-9-20(24-4)10-6-16/h5-10,13,22H,11-12,14-15H2,1-4H3. The zero-order valence-corrected chi connectivity index (χ0v) is 15.2. The lowest BCUT2D eigenvalue weighted by molar-refractivity contribution is 0.121. The molecule has 0 saturated carbocycles. The van der Waals surface area contributed by atoms with Crippen LogP contribution in [0.3, 0.4) is 0 Å². The van der Waals surface area contributed by atoms with Gasteiger partial charge in [0, 0.05) is 30.9 Å². The molecule has 1 N–H and O–H groups in total. The SMILES string of the molecule is COc1ccc(CNc2ccc3c(c2)CCN(C(C)(C)C)C3)cc1. The van der Waals surface area contributed by atoms with Crippen molar-refractivity contribution in [2.24, 2.45) is 0 Å². The normalized spacial score (nSPS) is 15.0. The highest BCUT2D eigenvalue weighted by Gasteiger charge is 2.25. The number of hydrogen-bond acceptors (Lipinski definition) is 3. The number of nitrogens with zero attached hydrogens (tertiary/aromatic N) is 1. The van der Waals surface area contributed by atoms with Crippen LogP contribution in [0.25, 0.3) is 0 Å². The van der Waals surface area contributed by atoms with Crippen LogP contribution in [0.1, 0.15) is 37.5 Å². The third-order valence-electron chi connectivity index (χ3n) is 4.82. The van der Waals surface area contributed by atoms with Gasteiger partial charge in [0.05, 0.1) is 7.11 Å². The predicted molar refractivity (Wildman–Crippen MR) is 101 cm³/mol. The summed E-state index contributed by atoms with van der Waals surface area (Å²) in [5, 5.41) is 3.54. The second-order valence-corrected chi connectivity index (χ2v) is 7.53. The van der Waals surface area contributed by atoms with E-state index in [1.165, 1.54) is 22.4 Å². The molecule has 0 saturated heterocycles. The molecular formula is C21H28N2O. The van der Waals surface area contributed by atoms with Gasteiger partial charge in [-0.05, 0) is 68.1 Å². The first-order valence-electron chi connectivity index (χ1n) is 8.69. The molecule has 1 aliphatic rings. The first-order valence-corrected chi connectivity index (χ1v) is 8.69. The average Bonchev–Trinajstić information content (AvgIpc) is 2.59. The molecule has 1 heterocycles. The Morgan fingerprint density at radius 1 is 1.04 bits per heavy atom. The van der Waals surface area contributed by atoms with E-state index in [9.17, 15) is 0 Å². The summed E-state index contributed by atoms with van der Waals surface area (Å²) in [6.07, 6.45) is 1.13. The minimum atomic E-state index is 0.239. The van der Waals surface area contributed by atoms with Gasteiger partial charge in [0.15, 0.2) is 0 Å². The summed E-state index contributed by atoms with van der Waals surface area (Å²) in [5.41, 5.74) is 5.64. The van der Waals surface area contributed by atoms with Gasteiger partial charge in [-0.15, -0.1) is 0 Å². The Balaban J connectivity index is 1.64. The lowest BCUT2D eigenvalue weighted by atomic mass is 9.94. The van der Waals surface area contributed by atoms with Crippen molar-refractivity contribution < 1.29 is 4.74 Å². The van der Waals surface area contributed by atoms with Crippen LogP contribution in [0.15, 0.2) is 42.5 Å². The Bertz CT molecular complexity index is 686. The molecule has 3 nitrogen and oxygen atoms in total. The van der Waals surface area contributed by atoms with Crippen molar-refractivity contribution in [2.45, 2.75) is 45.8 Å². The topological polar surface area (TPSA) is 24.5 Å². The molecule has 0 unspecified atom stereocenters. The molecule has 2 aromatic rings. The van der Waals surface area contributed by atoms with E-state index in [4.69, 9.17) is 4.74 Å². The summed E-state index contributed by atoms with van der Waals surface area (Å²) in [6, 6.07) is 15.0. The Morgan fingerprint density at radius 2 is 1.79 bits per heavy atom. The molecule has 0 bridgehead atoms. The van der Waals surface area contributed by atoms with Crippen LogP contribution >= 0.6 is 0 Å². The lowest BCUT2D eigenvalue weighted by Gasteiger charge is -2.39. The maximum absolute atomic E-state index is 5.20. The smallest absolute Gasteiger partial charge is 0.118 e. The van der Waals surface area contributed by atoms with Gasteiger partial charge in [-0.3, -0.25) is 4.90 Å². The van der Waals surface area contributed by atoms with Crippen molar-refractivity contribution in [3.05, 3.63) is 59.2 Å². The molecule has 3 rings (SSSR count). The molecule has 0 amide bonds. The second-order valence-electron chi connectivity index (χ2n) is 7.53. The molecule has 128 valence electrons. The van der Waals surface area contributed by atoms with Crippen LogP contribution in [-0.2, 0) is 19.5 Å². The summed E-state index contributed by atoms with van der Waals surface area (Å²) in [6.45, 7) is 9.90. The van der Waals surface area contributed by atoms with Gasteiger partial charge in [-0.25, -0.2) is 0 Å². The summed E-state index contributed by atoms with van der Waals surface area (Å²) in [4.78, 5) is 2.56. The molecule has 0 atom stereocenters. The lowest BCUT2D eigenvalue weighted by Crippen LogP contribution is -2.44. The highest BCUT2D eigenvalue weighted by molar-refractivity contribution is 5.50. The number of rotatable bonds is 4. The fraction of sp³-hybridized carbons (Fsp3) is 0.429. The monoisotopic (exact) mass is 324 g/mol. The van der Waals surface area contributed by atoms with E-state index in [0.717, 1.165) is 31.8 Å². The Hall–Kier alpha value is -2.00. The molecule has 0 fully saturated rings. The van der Waals surface area contributed by atoms with Gasteiger partial charge in [-0.2, -0.15) is 0 Å². The molecule has 0 aliphatic carbocycles. The van der Waals surface area contributed by atoms with E-state index >= 15 is 0 Å². The van der Waals surface area contributed by atoms with Crippen molar-refractivity contribution in [3.63, 3.8) is 0 Å². The quantitative estimate of drug-likeness (QED) is 0.898. The Kier molecular flexibility index (Phi) is 4.81. The van der Waals surface area contributed by atoms with Crippen LogP contribution in [0.5, 0.6) is 5.75 Å². The maximum atomic E-state index is 5.20. The van der Waals surface area contributed by atoms with Crippen molar-refractivity contribution in [2.75, 3.05) is 19.0 Å². The molecule has 0 radical (unpaired) electrons.